The van der Waals surface area contributed by atoms with Crippen LogP contribution in [0.3, 0.4) is 0 Å². The average Bonchev–Trinajstić information content (AvgIpc) is 2.85. The Morgan fingerprint density at radius 1 is 1.47 bits per heavy atom. The highest BCUT2D eigenvalue weighted by Gasteiger charge is 2.23. The smallest absolute Gasteiger partial charge is 0.179 e. The Morgan fingerprint density at radius 2 is 2.40 bits per heavy atom. The third kappa shape index (κ3) is 1.52. The van der Waals surface area contributed by atoms with E-state index in [9.17, 15) is 0 Å². The molecule has 3 nitrogen and oxygen atoms in total. The maximum absolute atomic E-state index is 6.05. The fraction of sp³-hybridized carbons (Fsp3) is 0.400. The lowest BCUT2D eigenvalue weighted by Gasteiger charge is -2.05. The van der Waals surface area contributed by atoms with E-state index in [1.165, 1.54) is 18.6 Å². The predicted octanol–water partition coefficient (Wildman–Crippen LogP) is 2.95. The Bertz CT molecular complexity index is 490. The molecule has 2 aromatic rings. The standard InChI is InChI=1S/C10H10ClN3S/c11-7-3-1-5-14-9(7)12-13-10(14)8-4-2-6-15-8/h1,3,5,8H,2,4,6H2. The zero-order chi connectivity index (χ0) is 10.3. The van der Waals surface area contributed by atoms with Gasteiger partial charge in [-0.15, -0.1) is 10.2 Å². The summed E-state index contributed by atoms with van der Waals surface area (Å²) < 4.78 is 2.01. The second kappa shape index (κ2) is 3.68. The van der Waals surface area contributed by atoms with Crippen molar-refractivity contribution in [2.75, 3.05) is 5.75 Å². The van der Waals surface area contributed by atoms with E-state index in [0.29, 0.717) is 10.3 Å². The van der Waals surface area contributed by atoms with E-state index in [1.54, 1.807) is 0 Å². The average molecular weight is 240 g/mol. The molecule has 1 fully saturated rings. The molecule has 0 saturated carbocycles. The Hall–Kier alpha value is -0.740. The second-order valence-corrected chi connectivity index (χ2v) is 5.33. The zero-order valence-corrected chi connectivity index (χ0v) is 9.63. The number of pyridine rings is 1. The monoisotopic (exact) mass is 239 g/mol. The topological polar surface area (TPSA) is 30.2 Å². The molecular formula is C10H10ClN3S. The zero-order valence-electron chi connectivity index (χ0n) is 8.06. The first-order chi connectivity index (χ1) is 7.36. The summed E-state index contributed by atoms with van der Waals surface area (Å²) in [5.74, 6) is 2.26. The molecule has 1 atom stereocenters. The van der Waals surface area contributed by atoms with Crippen molar-refractivity contribution >= 4 is 29.0 Å². The summed E-state index contributed by atoms with van der Waals surface area (Å²) in [4.78, 5) is 0. The molecule has 0 amide bonds. The van der Waals surface area contributed by atoms with Crippen molar-refractivity contribution in [2.24, 2.45) is 0 Å². The fourth-order valence-corrected chi connectivity index (χ4v) is 3.36. The van der Waals surface area contributed by atoms with E-state index in [0.717, 1.165) is 11.5 Å². The molecule has 1 saturated heterocycles. The van der Waals surface area contributed by atoms with Crippen molar-refractivity contribution in [1.82, 2.24) is 14.6 Å². The van der Waals surface area contributed by atoms with Gasteiger partial charge >= 0.3 is 0 Å². The molecule has 0 aromatic carbocycles. The number of aromatic nitrogens is 3. The van der Waals surface area contributed by atoms with Gasteiger partial charge < -0.3 is 0 Å². The first-order valence-corrected chi connectivity index (χ1v) is 6.39. The van der Waals surface area contributed by atoms with Crippen LogP contribution in [0.2, 0.25) is 5.02 Å². The van der Waals surface area contributed by atoms with E-state index >= 15 is 0 Å². The molecule has 1 unspecified atom stereocenters. The lowest BCUT2D eigenvalue weighted by atomic mass is 10.2. The first kappa shape index (κ1) is 9.48. The minimum Gasteiger partial charge on any atom is -0.284 e. The Balaban J connectivity index is 2.15. The van der Waals surface area contributed by atoms with Crippen LogP contribution in [0.4, 0.5) is 0 Å². The molecule has 0 bridgehead atoms. The van der Waals surface area contributed by atoms with Gasteiger partial charge in [-0.2, -0.15) is 11.8 Å². The Morgan fingerprint density at radius 3 is 3.20 bits per heavy atom. The van der Waals surface area contributed by atoms with Gasteiger partial charge in [0.25, 0.3) is 0 Å². The van der Waals surface area contributed by atoms with Crippen molar-refractivity contribution in [3.8, 4) is 0 Å². The lowest BCUT2D eigenvalue weighted by Crippen LogP contribution is -1.97. The van der Waals surface area contributed by atoms with Gasteiger partial charge in [0.2, 0.25) is 0 Å². The molecule has 0 N–H and O–H groups in total. The number of hydrogen-bond acceptors (Lipinski definition) is 3. The lowest BCUT2D eigenvalue weighted by molar-refractivity contribution is 0.766. The van der Waals surface area contributed by atoms with Gasteiger partial charge in [0.15, 0.2) is 11.5 Å². The summed E-state index contributed by atoms with van der Waals surface area (Å²) in [5.41, 5.74) is 0.765. The molecule has 15 heavy (non-hydrogen) atoms. The molecule has 5 heteroatoms. The van der Waals surface area contributed by atoms with Gasteiger partial charge in [-0.3, -0.25) is 4.40 Å². The van der Waals surface area contributed by atoms with Crippen LogP contribution >= 0.6 is 23.4 Å². The largest absolute Gasteiger partial charge is 0.284 e. The van der Waals surface area contributed by atoms with Crippen LogP contribution in [-0.4, -0.2) is 20.4 Å². The Labute approximate surface area is 96.8 Å². The number of hydrogen-bond donors (Lipinski definition) is 0. The maximum atomic E-state index is 6.05. The highest BCUT2D eigenvalue weighted by Crippen LogP contribution is 2.39. The molecule has 0 aliphatic carbocycles. The van der Waals surface area contributed by atoms with Crippen LogP contribution in [0.1, 0.15) is 23.9 Å². The predicted molar refractivity (Wildman–Crippen MR) is 62.4 cm³/mol. The summed E-state index contributed by atoms with van der Waals surface area (Å²) in [6.45, 7) is 0. The van der Waals surface area contributed by atoms with Crippen LogP contribution < -0.4 is 0 Å². The summed E-state index contributed by atoms with van der Waals surface area (Å²) in [7, 11) is 0. The maximum Gasteiger partial charge on any atom is 0.179 e. The van der Waals surface area contributed by atoms with Crippen LogP contribution in [0.15, 0.2) is 18.3 Å². The van der Waals surface area contributed by atoms with Gasteiger partial charge in [-0.1, -0.05) is 11.6 Å². The molecule has 3 rings (SSSR count). The van der Waals surface area contributed by atoms with E-state index in [-0.39, 0.29) is 0 Å². The fourth-order valence-electron chi connectivity index (χ4n) is 1.90. The molecular weight excluding hydrogens is 230 g/mol. The van der Waals surface area contributed by atoms with Crippen molar-refractivity contribution in [3.63, 3.8) is 0 Å². The normalized spacial score (nSPS) is 21.3. The molecule has 78 valence electrons. The first-order valence-electron chi connectivity index (χ1n) is 4.97. The minimum atomic E-state index is 0.485. The van der Waals surface area contributed by atoms with Crippen LogP contribution in [0.5, 0.6) is 0 Å². The van der Waals surface area contributed by atoms with Crippen molar-refractivity contribution in [3.05, 3.63) is 29.2 Å². The van der Waals surface area contributed by atoms with Gasteiger partial charge in [0.05, 0.1) is 10.3 Å². The SMILES string of the molecule is Clc1cccn2c(C3CCCS3)nnc12. The van der Waals surface area contributed by atoms with E-state index < -0.39 is 0 Å². The number of rotatable bonds is 1. The molecule has 1 aliphatic heterocycles. The Kier molecular flexibility index (Phi) is 2.33. The molecule has 2 aromatic heterocycles. The van der Waals surface area contributed by atoms with E-state index in [2.05, 4.69) is 10.2 Å². The number of nitrogens with zero attached hydrogens (tertiary/aromatic N) is 3. The quantitative estimate of drug-likeness (QED) is 0.767. The van der Waals surface area contributed by atoms with Crippen LogP contribution in [-0.2, 0) is 0 Å². The van der Waals surface area contributed by atoms with Gasteiger partial charge in [0, 0.05) is 6.20 Å². The van der Waals surface area contributed by atoms with Gasteiger partial charge in [-0.05, 0) is 30.7 Å². The van der Waals surface area contributed by atoms with Crippen LogP contribution in [0, 0.1) is 0 Å². The highest BCUT2D eigenvalue weighted by molar-refractivity contribution is 7.99. The van der Waals surface area contributed by atoms with Crippen molar-refractivity contribution in [1.29, 1.82) is 0 Å². The number of halogens is 1. The molecule has 0 spiro atoms. The number of thioether (sulfide) groups is 1. The third-order valence-corrected chi connectivity index (χ3v) is 4.30. The summed E-state index contributed by atoms with van der Waals surface area (Å²) in [5, 5.41) is 9.53. The highest BCUT2D eigenvalue weighted by atomic mass is 35.5. The summed E-state index contributed by atoms with van der Waals surface area (Å²) in [6.07, 6.45) is 4.44. The minimum absolute atomic E-state index is 0.485. The van der Waals surface area contributed by atoms with Crippen molar-refractivity contribution < 1.29 is 0 Å². The molecule has 0 radical (unpaired) electrons. The van der Waals surface area contributed by atoms with E-state index in [4.69, 9.17) is 11.6 Å². The second-order valence-electron chi connectivity index (χ2n) is 3.61. The molecule has 1 aliphatic rings. The van der Waals surface area contributed by atoms with Crippen molar-refractivity contribution in [2.45, 2.75) is 18.1 Å². The van der Waals surface area contributed by atoms with Gasteiger partial charge in [0.1, 0.15) is 0 Å². The third-order valence-electron chi connectivity index (χ3n) is 2.63. The van der Waals surface area contributed by atoms with Crippen LogP contribution in [0.25, 0.3) is 5.65 Å². The van der Waals surface area contributed by atoms with Gasteiger partial charge in [-0.25, -0.2) is 0 Å². The summed E-state index contributed by atoms with van der Waals surface area (Å²) >= 11 is 8.00. The molecule has 3 heterocycles. The summed E-state index contributed by atoms with van der Waals surface area (Å²) in [6, 6.07) is 3.78. The van der Waals surface area contributed by atoms with E-state index in [1.807, 2.05) is 34.5 Å². The number of fused-ring (bicyclic) bond motifs is 1.